The van der Waals surface area contributed by atoms with Crippen molar-refractivity contribution >= 4 is 17.7 Å². The summed E-state index contributed by atoms with van der Waals surface area (Å²) in [6.07, 6.45) is 8.58. The van der Waals surface area contributed by atoms with E-state index in [1.54, 1.807) is 18.7 Å². The first-order chi connectivity index (χ1) is 9.46. The molecule has 4 heteroatoms. The second-order valence-corrected chi connectivity index (χ2v) is 7.86. The molecule has 20 heavy (non-hydrogen) atoms. The Morgan fingerprint density at radius 3 is 2.40 bits per heavy atom. The van der Waals surface area contributed by atoms with Gasteiger partial charge in [-0.3, -0.25) is 0 Å². The summed E-state index contributed by atoms with van der Waals surface area (Å²) in [6, 6.07) is 0. The Labute approximate surface area is 125 Å². The number of thioether (sulfide) groups is 1. The van der Waals surface area contributed by atoms with Gasteiger partial charge in [0.1, 0.15) is 5.60 Å². The third-order valence-electron chi connectivity index (χ3n) is 5.09. The van der Waals surface area contributed by atoms with Gasteiger partial charge in [0.2, 0.25) is 0 Å². The predicted molar refractivity (Wildman–Crippen MR) is 80.5 cm³/mol. The molecule has 2 unspecified atom stereocenters. The molecule has 4 saturated carbocycles. The summed E-state index contributed by atoms with van der Waals surface area (Å²) in [6.45, 7) is 5.44. The van der Waals surface area contributed by atoms with Gasteiger partial charge in [-0.05, 0) is 57.1 Å². The third-order valence-corrected chi connectivity index (χ3v) is 5.45. The average molecular weight is 296 g/mol. The van der Waals surface area contributed by atoms with Crippen molar-refractivity contribution in [2.75, 3.05) is 12.2 Å². The largest absolute Gasteiger partial charge is 0.456 e. The Bertz CT molecular complexity index is 417. The fraction of sp³-hybridized carbons (Fsp3) is 0.812. The molecule has 3 nitrogen and oxygen atoms in total. The summed E-state index contributed by atoms with van der Waals surface area (Å²) >= 11 is 1.72. The van der Waals surface area contributed by atoms with Crippen LogP contribution in [0.1, 0.15) is 45.4 Å². The molecular weight excluding hydrogens is 272 g/mol. The van der Waals surface area contributed by atoms with E-state index >= 15 is 0 Å². The van der Waals surface area contributed by atoms with E-state index in [1.807, 2.05) is 0 Å². The molecule has 4 rings (SSSR count). The second-order valence-electron chi connectivity index (χ2n) is 7.05. The van der Waals surface area contributed by atoms with E-state index in [0.29, 0.717) is 17.4 Å². The van der Waals surface area contributed by atoms with Gasteiger partial charge in [-0.15, -0.1) is 11.8 Å². The molecule has 0 aromatic carbocycles. The summed E-state index contributed by atoms with van der Waals surface area (Å²) in [5.74, 6) is 1.84. The van der Waals surface area contributed by atoms with Crippen LogP contribution in [0.2, 0.25) is 0 Å². The van der Waals surface area contributed by atoms with Crippen molar-refractivity contribution in [2.45, 2.75) is 56.7 Å². The minimum atomic E-state index is -0.279. The molecule has 0 heterocycles. The monoisotopic (exact) mass is 296 g/mol. The first-order valence-electron chi connectivity index (χ1n) is 7.48. The van der Waals surface area contributed by atoms with Crippen molar-refractivity contribution in [1.82, 2.24) is 0 Å². The van der Waals surface area contributed by atoms with Gasteiger partial charge < -0.3 is 9.47 Å². The average Bonchev–Trinajstić information content (AvgIpc) is 2.34. The van der Waals surface area contributed by atoms with E-state index in [1.165, 1.54) is 6.42 Å². The first-order valence-corrected chi connectivity index (χ1v) is 8.87. The lowest BCUT2D eigenvalue weighted by molar-refractivity contribution is -0.226. The van der Waals surface area contributed by atoms with Gasteiger partial charge in [-0.1, -0.05) is 6.58 Å². The Balaban J connectivity index is 1.79. The highest BCUT2D eigenvalue weighted by molar-refractivity contribution is 7.98. The van der Waals surface area contributed by atoms with Gasteiger partial charge in [0.25, 0.3) is 0 Å². The maximum absolute atomic E-state index is 12.0. The van der Waals surface area contributed by atoms with Crippen LogP contribution in [0.4, 0.5) is 0 Å². The molecular formula is C16H24O3S. The van der Waals surface area contributed by atoms with Crippen LogP contribution in [0.3, 0.4) is 0 Å². The highest BCUT2D eigenvalue weighted by Gasteiger charge is 2.60. The number of rotatable bonds is 5. The van der Waals surface area contributed by atoms with E-state index in [2.05, 4.69) is 12.8 Å². The zero-order valence-corrected chi connectivity index (χ0v) is 13.3. The lowest BCUT2D eigenvalue weighted by Gasteiger charge is -2.60. The van der Waals surface area contributed by atoms with Crippen LogP contribution in [0.25, 0.3) is 0 Å². The van der Waals surface area contributed by atoms with Crippen LogP contribution in [0.15, 0.2) is 12.2 Å². The predicted octanol–water partition coefficient (Wildman–Crippen LogP) is 3.53. The van der Waals surface area contributed by atoms with Crippen molar-refractivity contribution in [3.05, 3.63) is 12.2 Å². The van der Waals surface area contributed by atoms with Crippen LogP contribution in [0, 0.1) is 11.8 Å². The maximum Gasteiger partial charge on any atom is 0.333 e. The van der Waals surface area contributed by atoms with E-state index in [-0.39, 0.29) is 17.2 Å². The molecule has 0 saturated heterocycles. The van der Waals surface area contributed by atoms with E-state index in [0.717, 1.165) is 38.0 Å². The molecule has 4 atom stereocenters. The summed E-state index contributed by atoms with van der Waals surface area (Å²) in [5, 5.41) is 0. The lowest BCUT2D eigenvalue weighted by atomic mass is 9.52. The molecule has 4 bridgehead atoms. The van der Waals surface area contributed by atoms with E-state index in [4.69, 9.17) is 9.47 Å². The van der Waals surface area contributed by atoms with Crippen LogP contribution < -0.4 is 0 Å². The Morgan fingerprint density at radius 1 is 1.25 bits per heavy atom. The highest BCUT2D eigenvalue weighted by atomic mass is 32.2. The topological polar surface area (TPSA) is 35.5 Å². The molecule has 0 aromatic rings. The van der Waals surface area contributed by atoms with Crippen molar-refractivity contribution in [3.8, 4) is 0 Å². The van der Waals surface area contributed by atoms with Crippen LogP contribution in [-0.2, 0) is 14.3 Å². The molecule has 0 radical (unpaired) electrons. The van der Waals surface area contributed by atoms with E-state index in [9.17, 15) is 4.79 Å². The highest BCUT2D eigenvalue weighted by Crippen LogP contribution is 2.60. The standard InChI is InChI=1S/C16H24O3S/c1-11(2)14(17)19-16-7-12-4-13(8-16)6-15(5-12,9-16)18-10-20-3/h12-13H,1,4-10H2,2-3H3/t12-,13+,15?,16?. The number of hydrogen-bond donors (Lipinski definition) is 0. The van der Waals surface area contributed by atoms with Gasteiger partial charge in [0, 0.05) is 12.0 Å². The van der Waals surface area contributed by atoms with Gasteiger partial charge >= 0.3 is 5.97 Å². The molecule has 0 amide bonds. The summed E-state index contributed by atoms with van der Waals surface area (Å²) in [5.41, 5.74) is 0.181. The minimum Gasteiger partial charge on any atom is -0.456 e. The molecule has 4 aliphatic rings. The van der Waals surface area contributed by atoms with Crippen molar-refractivity contribution < 1.29 is 14.3 Å². The Hall–Kier alpha value is -0.480. The normalized spacial score (nSPS) is 41.7. The first kappa shape index (κ1) is 14.5. The Kier molecular flexibility index (Phi) is 3.66. The molecule has 4 aliphatic carbocycles. The van der Waals surface area contributed by atoms with E-state index < -0.39 is 0 Å². The second kappa shape index (κ2) is 5.06. The maximum atomic E-state index is 12.0. The van der Waals surface area contributed by atoms with Crippen molar-refractivity contribution in [3.63, 3.8) is 0 Å². The van der Waals surface area contributed by atoms with Gasteiger partial charge in [-0.25, -0.2) is 4.79 Å². The zero-order valence-electron chi connectivity index (χ0n) is 12.4. The molecule has 0 spiro atoms. The number of hydrogen-bond acceptors (Lipinski definition) is 4. The van der Waals surface area contributed by atoms with Gasteiger partial charge in [0.15, 0.2) is 0 Å². The smallest absolute Gasteiger partial charge is 0.333 e. The molecule has 0 aromatic heterocycles. The number of carbonyl (C=O) groups is 1. The lowest BCUT2D eigenvalue weighted by Crippen LogP contribution is -2.61. The van der Waals surface area contributed by atoms with Crippen molar-refractivity contribution in [2.24, 2.45) is 11.8 Å². The quantitative estimate of drug-likeness (QED) is 0.442. The van der Waals surface area contributed by atoms with Gasteiger partial charge in [-0.2, -0.15) is 0 Å². The summed E-state index contributed by atoms with van der Waals surface area (Å²) in [4.78, 5) is 12.0. The number of esters is 1. The van der Waals surface area contributed by atoms with Gasteiger partial charge in [0.05, 0.1) is 11.5 Å². The fourth-order valence-electron chi connectivity index (χ4n) is 4.85. The fourth-order valence-corrected chi connectivity index (χ4v) is 5.22. The van der Waals surface area contributed by atoms with Crippen LogP contribution in [0.5, 0.6) is 0 Å². The summed E-state index contributed by atoms with van der Waals surface area (Å²) in [7, 11) is 0. The zero-order chi connectivity index (χ0) is 14.4. The van der Waals surface area contributed by atoms with Crippen LogP contribution in [-0.4, -0.2) is 29.4 Å². The molecule has 4 fully saturated rings. The van der Waals surface area contributed by atoms with Crippen LogP contribution >= 0.6 is 11.8 Å². The number of carbonyl (C=O) groups excluding carboxylic acids is 1. The van der Waals surface area contributed by atoms with Crippen molar-refractivity contribution in [1.29, 1.82) is 0 Å². The number of ether oxygens (including phenoxy) is 2. The third kappa shape index (κ3) is 2.52. The summed E-state index contributed by atoms with van der Waals surface area (Å²) < 4.78 is 12.1. The SMILES string of the molecule is C=C(C)C(=O)OC12C[C@@H]3C[C@@H](CC(OCSC)(C3)C1)C2. The molecule has 112 valence electrons. The molecule has 0 N–H and O–H groups in total. The molecule has 0 aliphatic heterocycles. The Morgan fingerprint density at radius 2 is 1.85 bits per heavy atom. The minimum absolute atomic E-state index is 0.0392.